The molecule has 0 heterocycles. The van der Waals surface area contributed by atoms with Gasteiger partial charge in [0, 0.05) is 10.0 Å². The van der Waals surface area contributed by atoms with Gasteiger partial charge < -0.3 is 14.6 Å². The number of esters is 1. The number of phenolic OH excluding ortho intramolecular Hbond substituents is 1. The summed E-state index contributed by atoms with van der Waals surface area (Å²) in [5.41, 5.74) is 0.401. The van der Waals surface area contributed by atoms with Gasteiger partial charge in [-0.1, -0.05) is 15.9 Å². The van der Waals surface area contributed by atoms with E-state index in [9.17, 15) is 14.7 Å². The van der Waals surface area contributed by atoms with Gasteiger partial charge in [0.15, 0.2) is 6.10 Å². The summed E-state index contributed by atoms with van der Waals surface area (Å²) in [6.07, 6.45) is -0.978. The van der Waals surface area contributed by atoms with E-state index in [0.29, 0.717) is 15.8 Å². The minimum Gasteiger partial charge on any atom is -0.507 e. The molecule has 0 radical (unpaired) electrons. The molecule has 120 valence electrons. The molecule has 0 bridgehead atoms. The topological polar surface area (TPSA) is 72.8 Å². The molecule has 0 amide bonds. The smallest absolute Gasteiger partial charge is 0.342 e. The maximum absolute atomic E-state index is 12.3. The van der Waals surface area contributed by atoms with Crippen molar-refractivity contribution in [3.8, 4) is 11.5 Å². The Labute approximate surface area is 142 Å². The zero-order chi connectivity index (χ0) is 17.0. The van der Waals surface area contributed by atoms with Crippen LogP contribution in [0.25, 0.3) is 0 Å². The van der Waals surface area contributed by atoms with Crippen LogP contribution < -0.4 is 4.74 Å². The molecule has 2 rings (SSSR count). The summed E-state index contributed by atoms with van der Waals surface area (Å²) in [7, 11) is 1.53. The molecule has 1 unspecified atom stereocenters. The van der Waals surface area contributed by atoms with Gasteiger partial charge in [-0.05, 0) is 49.4 Å². The molecule has 0 fully saturated rings. The molecule has 2 aromatic carbocycles. The third-order valence-corrected chi connectivity index (χ3v) is 3.70. The van der Waals surface area contributed by atoms with Crippen LogP contribution in [0, 0.1) is 0 Å². The predicted octanol–water partition coefficient (Wildman–Crippen LogP) is 3.59. The van der Waals surface area contributed by atoms with Gasteiger partial charge in [-0.3, -0.25) is 4.79 Å². The van der Waals surface area contributed by atoms with E-state index in [0.717, 1.165) is 0 Å². The molecule has 0 aromatic heterocycles. The summed E-state index contributed by atoms with van der Waals surface area (Å²) >= 11 is 3.21. The van der Waals surface area contributed by atoms with E-state index >= 15 is 0 Å². The number of ether oxygens (including phenoxy) is 2. The fraction of sp³-hybridized carbons (Fsp3) is 0.176. The number of hydrogen-bond acceptors (Lipinski definition) is 5. The van der Waals surface area contributed by atoms with E-state index in [1.807, 2.05) is 0 Å². The molecule has 0 spiro atoms. The van der Waals surface area contributed by atoms with Crippen molar-refractivity contribution in [2.75, 3.05) is 7.11 Å². The minimum atomic E-state index is -0.978. The van der Waals surface area contributed by atoms with Crippen molar-refractivity contribution in [3.05, 3.63) is 58.1 Å². The van der Waals surface area contributed by atoms with Crippen molar-refractivity contribution >= 4 is 27.7 Å². The molecule has 5 nitrogen and oxygen atoms in total. The Morgan fingerprint density at radius 2 is 1.78 bits per heavy atom. The van der Waals surface area contributed by atoms with Crippen molar-refractivity contribution in [2.45, 2.75) is 13.0 Å². The molecule has 0 aliphatic carbocycles. The number of aromatic hydroxyl groups is 1. The number of phenols is 1. The van der Waals surface area contributed by atoms with Crippen LogP contribution in [0.2, 0.25) is 0 Å². The Hall–Kier alpha value is -2.34. The zero-order valence-corrected chi connectivity index (χ0v) is 14.2. The monoisotopic (exact) mass is 378 g/mol. The Balaban J connectivity index is 2.10. The first-order chi connectivity index (χ1) is 10.9. The maximum atomic E-state index is 12.3. The van der Waals surface area contributed by atoms with Crippen LogP contribution in [0.1, 0.15) is 27.6 Å². The van der Waals surface area contributed by atoms with Crippen molar-refractivity contribution in [1.29, 1.82) is 0 Å². The van der Waals surface area contributed by atoms with Crippen LogP contribution in [0.15, 0.2) is 46.9 Å². The summed E-state index contributed by atoms with van der Waals surface area (Å²) in [5, 5.41) is 9.71. The van der Waals surface area contributed by atoms with Crippen LogP contribution in [0.5, 0.6) is 11.5 Å². The van der Waals surface area contributed by atoms with Gasteiger partial charge in [0.25, 0.3) is 0 Å². The SMILES string of the molecule is COc1ccc(C(=O)C(C)OC(=O)c2cc(Br)ccc2O)cc1. The average molecular weight is 379 g/mol. The van der Waals surface area contributed by atoms with Crippen molar-refractivity contribution in [1.82, 2.24) is 0 Å². The number of carbonyl (C=O) groups excluding carboxylic acids is 2. The van der Waals surface area contributed by atoms with Gasteiger partial charge in [0.05, 0.1) is 7.11 Å². The fourth-order valence-electron chi connectivity index (χ4n) is 1.94. The Bertz CT molecular complexity index is 724. The molecule has 1 N–H and O–H groups in total. The first kappa shape index (κ1) is 17.0. The largest absolute Gasteiger partial charge is 0.507 e. The lowest BCUT2D eigenvalue weighted by atomic mass is 10.1. The van der Waals surface area contributed by atoms with Gasteiger partial charge in [0.2, 0.25) is 5.78 Å². The first-order valence-electron chi connectivity index (χ1n) is 6.80. The van der Waals surface area contributed by atoms with Gasteiger partial charge in [-0.15, -0.1) is 0 Å². The molecule has 0 aliphatic heterocycles. The molecule has 2 aromatic rings. The Morgan fingerprint density at radius 1 is 1.13 bits per heavy atom. The van der Waals surface area contributed by atoms with E-state index < -0.39 is 12.1 Å². The number of carbonyl (C=O) groups is 2. The fourth-order valence-corrected chi connectivity index (χ4v) is 2.30. The van der Waals surface area contributed by atoms with Gasteiger partial charge in [0.1, 0.15) is 17.1 Å². The number of Topliss-reactive ketones (excluding diaryl/α,β-unsaturated/α-hetero) is 1. The van der Waals surface area contributed by atoms with Crippen LogP contribution >= 0.6 is 15.9 Å². The Kier molecular flexibility index (Phi) is 5.39. The second kappa shape index (κ2) is 7.28. The van der Waals surface area contributed by atoms with Crippen LogP contribution in [-0.2, 0) is 4.74 Å². The highest BCUT2D eigenvalue weighted by molar-refractivity contribution is 9.10. The highest BCUT2D eigenvalue weighted by atomic mass is 79.9. The molecule has 6 heteroatoms. The van der Waals surface area contributed by atoms with Gasteiger partial charge in [-0.2, -0.15) is 0 Å². The van der Waals surface area contributed by atoms with Crippen molar-refractivity contribution < 1.29 is 24.2 Å². The van der Waals surface area contributed by atoms with E-state index in [2.05, 4.69) is 15.9 Å². The predicted molar refractivity (Wildman–Crippen MR) is 88.0 cm³/mol. The third-order valence-electron chi connectivity index (χ3n) is 3.21. The van der Waals surface area contributed by atoms with Gasteiger partial charge >= 0.3 is 5.97 Å². The molecular formula is C17H15BrO5. The standard InChI is InChI=1S/C17H15BrO5/c1-10(16(20)11-3-6-13(22-2)7-4-11)23-17(21)14-9-12(18)5-8-15(14)19/h3-10,19H,1-2H3. The number of benzene rings is 2. The van der Waals surface area contributed by atoms with Crippen LogP contribution in [0.4, 0.5) is 0 Å². The summed E-state index contributed by atoms with van der Waals surface area (Å²) in [6.45, 7) is 1.49. The Morgan fingerprint density at radius 3 is 2.39 bits per heavy atom. The lowest BCUT2D eigenvalue weighted by Crippen LogP contribution is -2.24. The maximum Gasteiger partial charge on any atom is 0.342 e. The number of rotatable bonds is 5. The number of hydrogen-bond donors (Lipinski definition) is 1. The number of ketones is 1. The van der Waals surface area contributed by atoms with E-state index in [1.54, 1.807) is 30.3 Å². The second-order valence-electron chi connectivity index (χ2n) is 4.80. The third kappa shape index (κ3) is 4.10. The molecular weight excluding hydrogens is 364 g/mol. The number of methoxy groups -OCH3 is 1. The summed E-state index contributed by atoms with van der Waals surface area (Å²) < 4.78 is 10.8. The zero-order valence-electron chi connectivity index (χ0n) is 12.6. The molecule has 1 atom stereocenters. The minimum absolute atomic E-state index is 0.00578. The average Bonchev–Trinajstić information content (AvgIpc) is 2.56. The molecule has 0 saturated carbocycles. The normalized spacial score (nSPS) is 11.6. The van der Waals surface area contributed by atoms with Gasteiger partial charge in [-0.25, -0.2) is 4.79 Å². The van der Waals surface area contributed by atoms with E-state index in [1.165, 1.54) is 26.2 Å². The lowest BCUT2D eigenvalue weighted by molar-refractivity contribution is 0.0316. The summed E-state index contributed by atoms with van der Waals surface area (Å²) in [6, 6.07) is 10.9. The summed E-state index contributed by atoms with van der Waals surface area (Å²) in [4.78, 5) is 24.4. The summed E-state index contributed by atoms with van der Waals surface area (Å²) in [5.74, 6) is -0.679. The lowest BCUT2D eigenvalue weighted by Gasteiger charge is -2.13. The van der Waals surface area contributed by atoms with E-state index in [4.69, 9.17) is 9.47 Å². The second-order valence-corrected chi connectivity index (χ2v) is 5.72. The number of halogens is 1. The molecule has 0 aliphatic rings. The van der Waals surface area contributed by atoms with Crippen molar-refractivity contribution in [2.24, 2.45) is 0 Å². The highest BCUT2D eigenvalue weighted by Gasteiger charge is 2.22. The van der Waals surface area contributed by atoms with Crippen molar-refractivity contribution in [3.63, 3.8) is 0 Å². The highest BCUT2D eigenvalue weighted by Crippen LogP contribution is 2.23. The van der Waals surface area contributed by atoms with E-state index in [-0.39, 0.29) is 17.1 Å². The first-order valence-corrected chi connectivity index (χ1v) is 7.59. The molecule has 23 heavy (non-hydrogen) atoms. The molecule has 0 saturated heterocycles. The van der Waals surface area contributed by atoms with Crippen LogP contribution in [-0.4, -0.2) is 30.1 Å². The van der Waals surface area contributed by atoms with Crippen LogP contribution in [0.3, 0.4) is 0 Å². The quantitative estimate of drug-likeness (QED) is 0.635.